The maximum absolute atomic E-state index is 11.2. The highest BCUT2D eigenvalue weighted by molar-refractivity contribution is 5.75. The molecule has 2 rings (SSSR count). The van der Waals surface area contributed by atoms with Crippen LogP contribution in [0.1, 0.15) is 19.3 Å². The Morgan fingerprint density at radius 3 is 2.94 bits per heavy atom. The van der Waals surface area contributed by atoms with Gasteiger partial charge in [0.1, 0.15) is 6.33 Å². The smallest absolute Gasteiger partial charge is 0.335 e. The Labute approximate surface area is 92.4 Å². The topological polar surface area (TPSA) is 90.1 Å². The van der Waals surface area contributed by atoms with E-state index in [4.69, 9.17) is 0 Å². The minimum absolute atomic E-state index is 0.334. The number of carbonyl (C=O) groups excluding carboxylic acids is 1. The van der Waals surface area contributed by atoms with E-state index in [-0.39, 0.29) is 5.41 Å². The Hall–Kier alpha value is -1.50. The van der Waals surface area contributed by atoms with E-state index < -0.39 is 12.1 Å². The predicted octanol–water partition coefficient (Wildman–Crippen LogP) is -0.623. The molecule has 0 radical (unpaired) electrons. The van der Waals surface area contributed by atoms with Gasteiger partial charge in [0.25, 0.3) is 0 Å². The second kappa shape index (κ2) is 4.17. The van der Waals surface area contributed by atoms with Crippen LogP contribution in [0.25, 0.3) is 0 Å². The van der Waals surface area contributed by atoms with Crippen LogP contribution in [0.4, 0.5) is 0 Å². The van der Waals surface area contributed by atoms with E-state index >= 15 is 0 Å². The van der Waals surface area contributed by atoms with Crippen LogP contribution in [-0.4, -0.2) is 44.5 Å². The number of ether oxygens (including phenoxy) is 1. The molecular weight excluding hydrogens is 212 g/mol. The van der Waals surface area contributed by atoms with Crippen molar-refractivity contribution in [3.8, 4) is 0 Å². The Kier molecular flexibility index (Phi) is 2.86. The first-order valence-corrected chi connectivity index (χ1v) is 5.15. The molecule has 1 aromatic heterocycles. The molecule has 0 spiro atoms. The minimum atomic E-state index is -1.03. The molecule has 16 heavy (non-hydrogen) atoms. The molecule has 7 nitrogen and oxygen atoms in total. The van der Waals surface area contributed by atoms with Crippen LogP contribution in [0, 0.1) is 5.41 Å². The van der Waals surface area contributed by atoms with Gasteiger partial charge in [-0.15, -0.1) is 5.10 Å². The zero-order chi connectivity index (χ0) is 11.6. The third-order valence-electron chi connectivity index (χ3n) is 3.13. The molecule has 1 saturated carbocycles. The average molecular weight is 226 g/mol. The van der Waals surface area contributed by atoms with Gasteiger partial charge in [0.2, 0.25) is 0 Å². The van der Waals surface area contributed by atoms with E-state index in [1.165, 1.54) is 13.4 Å². The maximum Gasteiger partial charge on any atom is 0.335 e. The number of hydrogen-bond donors (Lipinski definition) is 1. The monoisotopic (exact) mass is 226 g/mol. The van der Waals surface area contributed by atoms with Crippen LogP contribution in [0.15, 0.2) is 6.33 Å². The number of aromatic nitrogens is 4. The second-order valence-electron chi connectivity index (χ2n) is 4.11. The number of esters is 1. The zero-order valence-corrected chi connectivity index (χ0v) is 9.04. The summed E-state index contributed by atoms with van der Waals surface area (Å²) in [4.78, 5) is 11.2. The number of hydrogen-bond acceptors (Lipinski definition) is 6. The van der Waals surface area contributed by atoms with Crippen LogP contribution in [-0.2, 0) is 16.1 Å². The molecule has 1 fully saturated rings. The summed E-state index contributed by atoms with van der Waals surface area (Å²) in [7, 11) is 1.28. The molecular formula is C9H14N4O3. The fraction of sp³-hybridized carbons (Fsp3) is 0.778. The van der Waals surface area contributed by atoms with Gasteiger partial charge in [-0.3, -0.25) is 0 Å². The van der Waals surface area contributed by atoms with Crippen LogP contribution < -0.4 is 0 Å². The highest BCUT2D eigenvalue weighted by Gasteiger charge is 2.52. The van der Waals surface area contributed by atoms with E-state index in [0.29, 0.717) is 13.0 Å². The largest absolute Gasteiger partial charge is 0.467 e. The summed E-state index contributed by atoms with van der Waals surface area (Å²) in [6.07, 6.45) is 2.83. The van der Waals surface area contributed by atoms with Gasteiger partial charge in [0.15, 0.2) is 6.10 Å². The predicted molar refractivity (Wildman–Crippen MR) is 52.1 cm³/mol. The normalized spacial score (nSPS) is 19.1. The fourth-order valence-electron chi connectivity index (χ4n) is 1.80. The number of methoxy groups -OCH3 is 1. The van der Waals surface area contributed by atoms with Crippen molar-refractivity contribution >= 4 is 5.97 Å². The van der Waals surface area contributed by atoms with Crippen molar-refractivity contribution in [2.75, 3.05) is 7.11 Å². The molecule has 1 atom stereocenters. The third kappa shape index (κ3) is 2.04. The van der Waals surface area contributed by atoms with Crippen molar-refractivity contribution in [3.05, 3.63) is 6.33 Å². The molecule has 1 N–H and O–H groups in total. The van der Waals surface area contributed by atoms with Crippen molar-refractivity contribution in [2.24, 2.45) is 5.41 Å². The van der Waals surface area contributed by atoms with Crippen molar-refractivity contribution in [3.63, 3.8) is 0 Å². The molecule has 7 heteroatoms. The highest BCUT2D eigenvalue weighted by atomic mass is 16.5. The van der Waals surface area contributed by atoms with Gasteiger partial charge in [-0.2, -0.15) is 0 Å². The Morgan fingerprint density at radius 1 is 1.69 bits per heavy atom. The number of aliphatic hydroxyl groups is 1. The lowest BCUT2D eigenvalue weighted by molar-refractivity contribution is -0.154. The van der Waals surface area contributed by atoms with Gasteiger partial charge >= 0.3 is 5.97 Å². The lowest BCUT2D eigenvalue weighted by Gasteiger charge is -2.19. The average Bonchev–Trinajstić information content (AvgIpc) is 2.92. The van der Waals surface area contributed by atoms with Crippen LogP contribution in [0.3, 0.4) is 0 Å². The van der Waals surface area contributed by atoms with Crippen molar-refractivity contribution in [1.29, 1.82) is 0 Å². The number of rotatable bonds is 5. The first-order chi connectivity index (χ1) is 7.68. The van der Waals surface area contributed by atoms with E-state index in [1.54, 1.807) is 4.68 Å². The molecule has 1 heterocycles. The van der Waals surface area contributed by atoms with Gasteiger partial charge in [0.05, 0.1) is 7.11 Å². The number of tetrazole rings is 1. The Morgan fingerprint density at radius 2 is 2.44 bits per heavy atom. The van der Waals surface area contributed by atoms with Crippen molar-refractivity contribution in [1.82, 2.24) is 20.2 Å². The zero-order valence-electron chi connectivity index (χ0n) is 9.04. The van der Waals surface area contributed by atoms with Gasteiger partial charge in [-0.1, -0.05) is 0 Å². The number of aliphatic hydroxyl groups excluding tert-OH is 1. The molecule has 1 aliphatic carbocycles. The minimum Gasteiger partial charge on any atom is -0.467 e. The molecule has 1 aromatic rings. The van der Waals surface area contributed by atoms with Crippen molar-refractivity contribution < 1.29 is 14.6 Å². The summed E-state index contributed by atoms with van der Waals surface area (Å²) < 4.78 is 6.13. The summed E-state index contributed by atoms with van der Waals surface area (Å²) in [6, 6.07) is 0. The molecule has 0 bridgehead atoms. The van der Waals surface area contributed by atoms with E-state index in [2.05, 4.69) is 20.3 Å². The number of nitrogens with zero attached hydrogens (tertiary/aromatic N) is 4. The quantitative estimate of drug-likeness (QED) is 0.673. The molecule has 1 unspecified atom stereocenters. The van der Waals surface area contributed by atoms with Crippen LogP contribution in [0.5, 0.6) is 0 Å². The number of carbonyl (C=O) groups is 1. The van der Waals surface area contributed by atoms with E-state index in [1.807, 2.05) is 0 Å². The molecule has 0 aliphatic heterocycles. The summed E-state index contributed by atoms with van der Waals surface area (Å²) in [5.74, 6) is -0.561. The van der Waals surface area contributed by atoms with E-state index in [9.17, 15) is 9.90 Å². The fourth-order valence-corrected chi connectivity index (χ4v) is 1.80. The Balaban J connectivity index is 1.91. The Bertz CT molecular complexity index is 361. The summed E-state index contributed by atoms with van der Waals surface area (Å²) in [5.41, 5.74) is -0.334. The molecule has 0 aromatic carbocycles. The highest BCUT2D eigenvalue weighted by Crippen LogP contribution is 2.52. The summed E-state index contributed by atoms with van der Waals surface area (Å²) >= 11 is 0. The first kappa shape index (κ1) is 11.0. The lowest BCUT2D eigenvalue weighted by Crippen LogP contribution is -2.32. The van der Waals surface area contributed by atoms with E-state index in [0.717, 1.165) is 12.8 Å². The van der Waals surface area contributed by atoms with Gasteiger partial charge in [-0.25, -0.2) is 9.48 Å². The molecule has 0 amide bonds. The van der Waals surface area contributed by atoms with Gasteiger partial charge < -0.3 is 9.84 Å². The summed E-state index contributed by atoms with van der Waals surface area (Å²) in [6.45, 7) is 0.598. The van der Waals surface area contributed by atoms with Crippen molar-refractivity contribution in [2.45, 2.75) is 31.9 Å². The number of aryl methyl sites for hydroxylation is 1. The molecule has 88 valence electrons. The molecule has 1 aliphatic rings. The third-order valence-corrected chi connectivity index (χ3v) is 3.13. The van der Waals surface area contributed by atoms with Gasteiger partial charge in [0, 0.05) is 12.0 Å². The summed E-state index contributed by atoms with van der Waals surface area (Å²) in [5, 5.41) is 20.6. The standard InChI is InChI=1S/C9H14N4O3/c1-16-8(15)7(14)9(2-3-9)4-5-13-6-10-11-12-13/h6-7,14H,2-5H2,1H3. The molecule has 0 saturated heterocycles. The second-order valence-corrected chi connectivity index (χ2v) is 4.11. The lowest BCUT2D eigenvalue weighted by atomic mass is 9.95. The first-order valence-electron chi connectivity index (χ1n) is 5.15. The SMILES string of the molecule is COC(=O)C(O)C1(CCn2cnnn2)CC1. The van der Waals surface area contributed by atoms with Crippen LogP contribution >= 0.6 is 0 Å². The van der Waals surface area contributed by atoms with Gasteiger partial charge in [-0.05, 0) is 29.7 Å². The maximum atomic E-state index is 11.2. The van der Waals surface area contributed by atoms with Crippen LogP contribution in [0.2, 0.25) is 0 Å².